The summed E-state index contributed by atoms with van der Waals surface area (Å²) in [6, 6.07) is 6.96. The summed E-state index contributed by atoms with van der Waals surface area (Å²) < 4.78 is 10.5. The first-order valence-electron chi connectivity index (χ1n) is 7.94. The van der Waals surface area contributed by atoms with Crippen molar-refractivity contribution in [3.05, 3.63) is 41.0 Å². The minimum atomic E-state index is -0.140. The van der Waals surface area contributed by atoms with Gasteiger partial charge in [0.25, 0.3) is 5.91 Å². The van der Waals surface area contributed by atoms with E-state index in [0.717, 1.165) is 6.42 Å². The molecule has 1 atom stereocenters. The van der Waals surface area contributed by atoms with E-state index in [1.807, 2.05) is 13.8 Å². The van der Waals surface area contributed by atoms with Crippen LogP contribution >= 0.6 is 11.6 Å². The lowest BCUT2D eigenvalue weighted by Gasteiger charge is -2.14. The molecular weight excluding hydrogens is 342 g/mol. The molecule has 0 fully saturated rings. The van der Waals surface area contributed by atoms with Gasteiger partial charge in [-0.3, -0.25) is 4.79 Å². The Morgan fingerprint density at radius 2 is 1.96 bits per heavy atom. The van der Waals surface area contributed by atoms with Crippen LogP contribution in [0.1, 0.15) is 30.6 Å². The van der Waals surface area contributed by atoms with E-state index in [4.69, 9.17) is 21.1 Å². The van der Waals surface area contributed by atoms with Crippen molar-refractivity contribution in [2.75, 3.05) is 19.5 Å². The van der Waals surface area contributed by atoms with E-state index in [0.29, 0.717) is 33.6 Å². The third-order valence-corrected chi connectivity index (χ3v) is 4.05. The highest BCUT2D eigenvalue weighted by atomic mass is 35.5. The summed E-state index contributed by atoms with van der Waals surface area (Å²) in [5.74, 6) is 1.52. The van der Waals surface area contributed by atoms with Gasteiger partial charge in [-0.05, 0) is 25.5 Å². The molecule has 1 heterocycles. The van der Waals surface area contributed by atoms with Gasteiger partial charge >= 0.3 is 0 Å². The number of methoxy groups -OCH3 is 2. The summed E-state index contributed by atoms with van der Waals surface area (Å²) in [6.45, 7) is 3.98. The van der Waals surface area contributed by atoms with Gasteiger partial charge in [0.15, 0.2) is 0 Å². The molecule has 2 aromatic rings. The van der Waals surface area contributed by atoms with Crippen molar-refractivity contribution in [1.82, 2.24) is 10.3 Å². The zero-order chi connectivity index (χ0) is 18.4. The second-order valence-electron chi connectivity index (χ2n) is 5.53. The molecule has 0 spiro atoms. The third-order valence-electron chi connectivity index (χ3n) is 3.75. The van der Waals surface area contributed by atoms with Crippen LogP contribution < -0.4 is 20.1 Å². The number of pyridine rings is 1. The first-order valence-corrected chi connectivity index (χ1v) is 8.31. The van der Waals surface area contributed by atoms with Gasteiger partial charge in [-0.25, -0.2) is 4.98 Å². The molecule has 7 heteroatoms. The third kappa shape index (κ3) is 4.76. The van der Waals surface area contributed by atoms with Gasteiger partial charge in [0.05, 0.1) is 30.5 Å². The van der Waals surface area contributed by atoms with Crippen molar-refractivity contribution in [2.45, 2.75) is 26.3 Å². The normalized spacial score (nSPS) is 11.6. The molecule has 1 amide bonds. The topological polar surface area (TPSA) is 72.5 Å². The van der Waals surface area contributed by atoms with E-state index < -0.39 is 0 Å². The number of nitrogens with zero attached hydrogens (tertiary/aromatic N) is 1. The molecule has 2 rings (SSSR count). The van der Waals surface area contributed by atoms with E-state index >= 15 is 0 Å². The van der Waals surface area contributed by atoms with E-state index in [9.17, 15) is 4.79 Å². The number of halogens is 1. The lowest BCUT2D eigenvalue weighted by atomic mass is 10.2. The molecule has 0 saturated heterocycles. The summed E-state index contributed by atoms with van der Waals surface area (Å²) in [6.07, 6.45) is 2.40. The largest absolute Gasteiger partial charge is 0.495 e. The minimum Gasteiger partial charge on any atom is -0.495 e. The van der Waals surface area contributed by atoms with Gasteiger partial charge in [-0.1, -0.05) is 18.5 Å². The average molecular weight is 364 g/mol. The van der Waals surface area contributed by atoms with E-state index in [2.05, 4.69) is 15.6 Å². The molecule has 0 saturated carbocycles. The van der Waals surface area contributed by atoms with Crippen LogP contribution in [0, 0.1) is 0 Å². The van der Waals surface area contributed by atoms with Crippen LogP contribution in [0.15, 0.2) is 30.5 Å². The van der Waals surface area contributed by atoms with Gasteiger partial charge in [0.2, 0.25) is 0 Å². The molecule has 0 radical (unpaired) electrons. The molecule has 0 aliphatic carbocycles. The van der Waals surface area contributed by atoms with Crippen molar-refractivity contribution in [3.63, 3.8) is 0 Å². The van der Waals surface area contributed by atoms with Crippen LogP contribution in [0.4, 0.5) is 11.5 Å². The number of rotatable bonds is 7. The van der Waals surface area contributed by atoms with Crippen molar-refractivity contribution < 1.29 is 14.3 Å². The van der Waals surface area contributed by atoms with Gasteiger partial charge in [-0.15, -0.1) is 0 Å². The molecule has 1 unspecified atom stereocenters. The standard InChI is InChI=1S/C18H22ClN3O3/c1-5-11(2)21-18(23)12-6-7-17(20-10-12)22-14-9-15(24-3)13(19)8-16(14)25-4/h6-11H,5H2,1-4H3,(H,20,22)(H,21,23). The highest BCUT2D eigenvalue weighted by Crippen LogP contribution is 2.37. The van der Waals surface area contributed by atoms with Crippen molar-refractivity contribution >= 4 is 29.0 Å². The van der Waals surface area contributed by atoms with Gasteiger partial charge in [0.1, 0.15) is 17.3 Å². The fourth-order valence-electron chi connectivity index (χ4n) is 2.11. The minimum absolute atomic E-state index is 0.121. The molecule has 0 aliphatic rings. The molecule has 1 aromatic carbocycles. The molecule has 6 nitrogen and oxygen atoms in total. The monoisotopic (exact) mass is 363 g/mol. The first-order chi connectivity index (χ1) is 12.0. The van der Waals surface area contributed by atoms with Crippen LogP contribution in [0.2, 0.25) is 5.02 Å². The number of carbonyl (C=O) groups is 1. The maximum atomic E-state index is 12.1. The Kier molecular flexibility index (Phi) is 6.47. The summed E-state index contributed by atoms with van der Waals surface area (Å²) in [7, 11) is 3.10. The van der Waals surface area contributed by atoms with Crippen LogP contribution in [-0.4, -0.2) is 31.2 Å². The number of nitrogens with one attached hydrogen (secondary N) is 2. The number of ether oxygens (including phenoxy) is 2. The number of benzene rings is 1. The predicted octanol–water partition coefficient (Wildman–Crippen LogP) is 4.02. The van der Waals surface area contributed by atoms with Crippen LogP contribution in [0.5, 0.6) is 11.5 Å². The maximum absolute atomic E-state index is 12.1. The lowest BCUT2D eigenvalue weighted by Crippen LogP contribution is -2.31. The zero-order valence-electron chi connectivity index (χ0n) is 14.7. The quantitative estimate of drug-likeness (QED) is 0.777. The van der Waals surface area contributed by atoms with Crippen LogP contribution in [0.25, 0.3) is 0 Å². The van der Waals surface area contributed by atoms with Gasteiger partial charge in [-0.2, -0.15) is 0 Å². The van der Waals surface area contributed by atoms with Gasteiger partial charge in [0, 0.05) is 24.4 Å². The molecular formula is C18H22ClN3O3. The Balaban J connectivity index is 2.17. The Morgan fingerprint density at radius 1 is 1.24 bits per heavy atom. The number of anilines is 2. The van der Waals surface area contributed by atoms with Crippen LogP contribution in [0.3, 0.4) is 0 Å². The molecule has 1 aromatic heterocycles. The fraction of sp³-hybridized carbons (Fsp3) is 0.333. The Bertz CT molecular complexity index is 735. The van der Waals surface area contributed by atoms with E-state index in [1.165, 1.54) is 6.20 Å². The maximum Gasteiger partial charge on any atom is 0.253 e. The highest BCUT2D eigenvalue weighted by Gasteiger charge is 2.12. The second-order valence-corrected chi connectivity index (χ2v) is 5.93. The zero-order valence-corrected chi connectivity index (χ0v) is 15.5. The first kappa shape index (κ1) is 18.9. The Labute approximate surface area is 152 Å². The smallest absolute Gasteiger partial charge is 0.253 e. The number of hydrogen-bond donors (Lipinski definition) is 2. The Morgan fingerprint density at radius 3 is 2.52 bits per heavy atom. The number of carbonyl (C=O) groups excluding carboxylic acids is 1. The lowest BCUT2D eigenvalue weighted by molar-refractivity contribution is 0.0939. The molecule has 2 N–H and O–H groups in total. The highest BCUT2D eigenvalue weighted by molar-refractivity contribution is 6.32. The number of hydrogen-bond acceptors (Lipinski definition) is 5. The SMILES string of the molecule is CCC(C)NC(=O)c1ccc(Nc2cc(OC)c(Cl)cc2OC)nc1. The number of aromatic nitrogens is 1. The van der Waals surface area contributed by atoms with E-state index in [1.54, 1.807) is 38.5 Å². The fourth-order valence-corrected chi connectivity index (χ4v) is 2.34. The van der Waals surface area contributed by atoms with Gasteiger partial charge < -0.3 is 20.1 Å². The molecule has 0 bridgehead atoms. The van der Waals surface area contributed by atoms with Crippen molar-refractivity contribution in [3.8, 4) is 11.5 Å². The summed E-state index contributed by atoms with van der Waals surface area (Å²) in [5, 5.41) is 6.49. The summed E-state index contributed by atoms with van der Waals surface area (Å²) in [4.78, 5) is 16.4. The van der Waals surface area contributed by atoms with E-state index in [-0.39, 0.29) is 11.9 Å². The van der Waals surface area contributed by atoms with Crippen LogP contribution in [-0.2, 0) is 0 Å². The second kappa shape index (κ2) is 8.58. The summed E-state index contributed by atoms with van der Waals surface area (Å²) >= 11 is 6.10. The number of amides is 1. The molecule has 25 heavy (non-hydrogen) atoms. The molecule has 0 aliphatic heterocycles. The van der Waals surface area contributed by atoms with Crippen molar-refractivity contribution in [2.24, 2.45) is 0 Å². The average Bonchev–Trinajstić information content (AvgIpc) is 2.63. The molecule has 134 valence electrons. The predicted molar refractivity (Wildman–Crippen MR) is 99.3 cm³/mol. The Hall–Kier alpha value is -2.47. The van der Waals surface area contributed by atoms with Crippen molar-refractivity contribution in [1.29, 1.82) is 0 Å². The summed E-state index contributed by atoms with van der Waals surface area (Å²) in [5.41, 5.74) is 1.17.